The van der Waals surface area contributed by atoms with E-state index < -0.39 is 0 Å². The molecule has 1 aromatic heterocycles. The lowest BCUT2D eigenvalue weighted by Crippen LogP contribution is -2.21. The molecule has 1 aliphatic heterocycles. The molecule has 1 saturated heterocycles. The number of nitrogens with one attached hydrogen (secondary N) is 1. The monoisotopic (exact) mass is 251 g/mol. The Morgan fingerprint density at radius 3 is 3.00 bits per heavy atom. The third-order valence-electron chi connectivity index (χ3n) is 3.71. The molecule has 0 amide bonds. The predicted octanol–water partition coefficient (Wildman–Crippen LogP) is 3.59. The molecule has 2 atom stereocenters. The minimum Gasteiger partial charge on any atom is -0.467 e. The van der Waals surface area contributed by atoms with E-state index >= 15 is 0 Å². The smallest absolute Gasteiger partial charge is 0.123 e. The summed E-state index contributed by atoms with van der Waals surface area (Å²) in [5.74, 6) is 1.10. The van der Waals surface area contributed by atoms with E-state index in [2.05, 4.69) is 19.2 Å². The Balaban J connectivity index is 1.80. The van der Waals surface area contributed by atoms with Crippen molar-refractivity contribution in [3.63, 3.8) is 0 Å². The zero-order chi connectivity index (χ0) is 12.8. The summed E-state index contributed by atoms with van der Waals surface area (Å²) in [5, 5.41) is 3.52. The molecule has 102 valence electrons. The summed E-state index contributed by atoms with van der Waals surface area (Å²) in [6.45, 7) is 6.19. The molecule has 1 fully saturated rings. The van der Waals surface area contributed by atoms with Gasteiger partial charge in [0, 0.05) is 6.61 Å². The lowest BCUT2D eigenvalue weighted by molar-refractivity contribution is 0.101. The van der Waals surface area contributed by atoms with E-state index in [4.69, 9.17) is 9.15 Å². The standard InChI is InChI=1S/C15H25NO2/c1-3-16-14(15-12(2)9-11-18-15)8-4-6-13-7-5-10-17-13/h9,11,13-14,16H,3-8,10H2,1-2H3. The van der Waals surface area contributed by atoms with Gasteiger partial charge >= 0.3 is 0 Å². The SMILES string of the molecule is CCNC(CCCC1CCCO1)c1occc1C. The number of aryl methyl sites for hydroxylation is 1. The minimum atomic E-state index is 0.353. The summed E-state index contributed by atoms with van der Waals surface area (Å²) >= 11 is 0. The molecule has 2 unspecified atom stereocenters. The molecular weight excluding hydrogens is 226 g/mol. The molecule has 3 heteroatoms. The van der Waals surface area contributed by atoms with Gasteiger partial charge in [0.2, 0.25) is 0 Å². The highest BCUT2D eigenvalue weighted by atomic mass is 16.5. The molecule has 3 nitrogen and oxygen atoms in total. The summed E-state index contributed by atoms with van der Waals surface area (Å²) in [6.07, 6.45) is 8.27. The Morgan fingerprint density at radius 2 is 2.39 bits per heavy atom. The molecule has 0 aromatic carbocycles. The third-order valence-corrected chi connectivity index (χ3v) is 3.71. The summed E-state index contributed by atoms with van der Waals surface area (Å²) in [7, 11) is 0. The molecule has 0 radical (unpaired) electrons. The first-order chi connectivity index (χ1) is 8.81. The quantitative estimate of drug-likeness (QED) is 0.804. The maximum atomic E-state index is 5.67. The highest BCUT2D eigenvalue weighted by Crippen LogP contribution is 2.25. The zero-order valence-corrected chi connectivity index (χ0v) is 11.6. The van der Waals surface area contributed by atoms with E-state index in [0.29, 0.717) is 12.1 Å². The van der Waals surface area contributed by atoms with Gasteiger partial charge in [0.15, 0.2) is 0 Å². The fourth-order valence-corrected chi connectivity index (χ4v) is 2.74. The molecule has 1 aliphatic rings. The Kier molecular flexibility index (Phi) is 5.26. The number of hydrogen-bond donors (Lipinski definition) is 1. The predicted molar refractivity (Wildman–Crippen MR) is 72.7 cm³/mol. The average Bonchev–Trinajstić information content (AvgIpc) is 2.99. The molecule has 0 spiro atoms. The zero-order valence-electron chi connectivity index (χ0n) is 11.6. The fourth-order valence-electron chi connectivity index (χ4n) is 2.74. The van der Waals surface area contributed by atoms with Crippen molar-refractivity contribution in [3.05, 3.63) is 23.7 Å². The van der Waals surface area contributed by atoms with Gasteiger partial charge in [-0.05, 0) is 57.2 Å². The van der Waals surface area contributed by atoms with Crippen LogP contribution in [0.25, 0.3) is 0 Å². The van der Waals surface area contributed by atoms with Gasteiger partial charge in [-0.1, -0.05) is 6.92 Å². The van der Waals surface area contributed by atoms with E-state index in [-0.39, 0.29) is 0 Å². The van der Waals surface area contributed by atoms with Crippen molar-refractivity contribution in [2.45, 2.75) is 58.1 Å². The third kappa shape index (κ3) is 3.59. The molecule has 1 N–H and O–H groups in total. The van der Waals surface area contributed by atoms with Crippen LogP contribution in [-0.2, 0) is 4.74 Å². The second-order valence-electron chi connectivity index (χ2n) is 5.14. The van der Waals surface area contributed by atoms with Crippen LogP contribution >= 0.6 is 0 Å². The van der Waals surface area contributed by atoms with Crippen LogP contribution in [-0.4, -0.2) is 19.3 Å². The Bertz CT molecular complexity index is 342. The van der Waals surface area contributed by atoms with Gasteiger partial charge in [-0.25, -0.2) is 0 Å². The van der Waals surface area contributed by atoms with Crippen LogP contribution in [0.5, 0.6) is 0 Å². The van der Waals surface area contributed by atoms with Crippen LogP contribution < -0.4 is 5.32 Å². The molecule has 2 heterocycles. The van der Waals surface area contributed by atoms with Crippen LogP contribution in [0, 0.1) is 6.92 Å². The van der Waals surface area contributed by atoms with Gasteiger partial charge in [0.25, 0.3) is 0 Å². The summed E-state index contributed by atoms with van der Waals surface area (Å²) < 4.78 is 11.3. The van der Waals surface area contributed by atoms with Gasteiger partial charge < -0.3 is 14.5 Å². The van der Waals surface area contributed by atoms with Crippen molar-refractivity contribution in [1.29, 1.82) is 0 Å². The second kappa shape index (κ2) is 6.95. The Morgan fingerprint density at radius 1 is 1.50 bits per heavy atom. The number of furan rings is 1. The van der Waals surface area contributed by atoms with E-state index in [1.807, 2.05) is 6.07 Å². The topological polar surface area (TPSA) is 34.4 Å². The van der Waals surface area contributed by atoms with E-state index in [1.165, 1.54) is 31.2 Å². The highest BCUT2D eigenvalue weighted by Gasteiger charge is 2.19. The molecule has 0 saturated carbocycles. The number of ether oxygens (including phenoxy) is 1. The van der Waals surface area contributed by atoms with E-state index in [0.717, 1.165) is 25.3 Å². The average molecular weight is 251 g/mol. The summed E-state index contributed by atoms with van der Waals surface area (Å²) in [5.41, 5.74) is 1.25. The largest absolute Gasteiger partial charge is 0.467 e. The first-order valence-corrected chi connectivity index (χ1v) is 7.20. The maximum absolute atomic E-state index is 5.67. The van der Waals surface area contributed by atoms with Gasteiger partial charge in [-0.2, -0.15) is 0 Å². The van der Waals surface area contributed by atoms with Gasteiger partial charge in [-0.3, -0.25) is 0 Å². The highest BCUT2D eigenvalue weighted by molar-refractivity contribution is 5.18. The van der Waals surface area contributed by atoms with Crippen molar-refractivity contribution in [2.75, 3.05) is 13.2 Å². The van der Waals surface area contributed by atoms with Gasteiger partial charge in [0.05, 0.1) is 18.4 Å². The number of hydrogen-bond acceptors (Lipinski definition) is 3. The summed E-state index contributed by atoms with van der Waals surface area (Å²) in [4.78, 5) is 0. The molecular formula is C15H25NO2. The van der Waals surface area contributed by atoms with Crippen molar-refractivity contribution >= 4 is 0 Å². The lowest BCUT2D eigenvalue weighted by atomic mass is 10.0. The molecule has 1 aromatic rings. The summed E-state index contributed by atoms with van der Waals surface area (Å²) in [6, 6.07) is 2.39. The second-order valence-corrected chi connectivity index (χ2v) is 5.14. The fraction of sp³-hybridized carbons (Fsp3) is 0.733. The molecule has 0 aliphatic carbocycles. The first-order valence-electron chi connectivity index (χ1n) is 7.20. The Labute approximate surface area is 110 Å². The first kappa shape index (κ1) is 13.6. The molecule has 2 rings (SSSR count). The van der Waals surface area contributed by atoms with Crippen molar-refractivity contribution in [3.8, 4) is 0 Å². The minimum absolute atomic E-state index is 0.353. The van der Waals surface area contributed by atoms with Crippen LogP contribution in [0.3, 0.4) is 0 Å². The number of rotatable bonds is 7. The van der Waals surface area contributed by atoms with Crippen LogP contribution in [0.2, 0.25) is 0 Å². The lowest BCUT2D eigenvalue weighted by Gasteiger charge is -2.17. The van der Waals surface area contributed by atoms with Crippen LogP contribution in [0.4, 0.5) is 0 Å². The maximum Gasteiger partial charge on any atom is 0.123 e. The Hall–Kier alpha value is -0.800. The van der Waals surface area contributed by atoms with Crippen molar-refractivity contribution < 1.29 is 9.15 Å². The van der Waals surface area contributed by atoms with Gasteiger partial charge in [-0.15, -0.1) is 0 Å². The van der Waals surface area contributed by atoms with E-state index in [1.54, 1.807) is 6.26 Å². The van der Waals surface area contributed by atoms with Crippen molar-refractivity contribution in [2.24, 2.45) is 0 Å². The van der Waals surface area contributed by atoms with E-state index in [9.17, 15) is 0 Å². The van der Waals surface area contributed by atoms with Gasteiger partial charge in [0.1, 0.15) is 5.76 Å². The van der Waals surface area contributed by atoms with Crippen LogP contribution in [0.1, 0.15) is 56.4 Å². The molecule has 0 bridgehead atoms. The molecule has 18 heavy (non-hydrogen) atoms. The normalized spacial score (nSPS) is 21.3. The van der Waals surface area contributed by atoms with Crippen LogP contribution in [0.15, 0.2) is 16.7 Å². The van der Waals surface area contributed by atoms with Crippen molar-refractivity contribution in [1.82, 2.24) is 5.32 Å².